The standard InChI is InChI=1S/C13H14N4O3S/c1-21(19,20)9-16-7-4-12-11(13(16)18)8-17(15-12)10-2-5-14-6-3-10/h2-3,5-6,8H,4,7,9H2,1H3. The maximum Gasteiger partial charge on any atom is 0.258 e. The number of fused-ring (bicyclic) bond motifs is 1. The van der Waals surface area contributed by atoms with Crippen LogP contribution in [0.25, 0.3) is 5.69 Å². The van der Waals surface area contributed by atoms with Gasteiger partial charge in [0.25, 0.3) is 5.91 Å². The molecule has 0 spiro atoms. The number of carbonyl (C=O) groups excluding carboxylic acids is 1. The normalized spacial score (nSPS) is 15.1. The van der Waals surface area contributed by atoms with E-state index in [0.29, 0.717) is 24.2 Å². The van der Waals surface area contributed by atoms with E-state index >= 15 is 0 Å². The second kappa shape index (κ2) is 4.96. The number of amides is 1. The number of pyridine rings is 1. The second-order valence-electron chi connectivity index (χ2n) is 5.01. The smallest absolute Gasteiger partial charge is 0.258 e. The van der Waals surface area contributed by atoms with E-state index in [1.807, 2.05) is 0 Å². The van der Waals surface area contributed by atoms with Crippen LogP contribution in [0.4, 0.5) is 0 Å². The van der Waals surface area contributed by atoms with E-state index in [1.54, 1.807) is 35.4 Å². The third-order valence-electron chi connectivity index (χ3n) is 3.24. The fraction of sp³-hybridized carbons (Fsp3) is 0.308. The van der Waals surface area contributed by atoms with Gasteiger partial charge >= 0.3 is 0 Å². The zero-order valence-corrected chi connectivity index (χ0v) is 12.2. The molecule has 0 atom stereocenters. The number of carbonyl (C=O) groups is 1. The lowest BCUT2D eigenvalue weighted by atomic mass is 10.1. The molecule has 0 N–H and O–H groups in total. The van der Waals surface area contributed by atoms with Gasteiger partial charge in [0.2, 0.25) is 0 Å². The van der Waals surface area contributed by atoms with Crippen LogP contribution in [0.2, 0.25) is 0 Å². The maximum atomic E-state index is 12.3. The van der Waals surface area contributed by atoms with Crippen molar-refractivity contribution in [3.8, 4) is 5.69 Å². The lowest BCUT2D eigenvalue weighted by Gasteiger charge is -2.24. The minimum Gasteiger partial charge on any atom is -0.324 e. The van der Waals surface area contributed by atoms with Crippen LogP contribution in [0.15, 0.2) is 30.7 Å². The first kappa shape index (κ1) is 13.7. The molecule has 3 rings (SSSR count). The Morgan fingerprint density at radius 3 is 2.67 bits per heavy atom. The van der Waals surface area contributed by atoms with Crippen LogP contribution in [0, 0.1) is 0 Å². The first-order valence-electron chi connectivity index (χ1n) is 6.40. The van der Waals surface area contributed by atoms with Gasteiger partial charge in [-0.25, -0.2) is 13.1 Å². The van der Waals surface area contributed by atoms with Crippen molar-refractivity contribution in [2.75, 3.05) is 18.7 Å². The van der Waals surface area contributed by atoms with Crippen LogP contribution < -0.4 is 0 Å². The summed E-state index contributed by atoms with van der Waals surface area (Å²) in [5, 5.41) is 4.39. The molecule has 1 aliphatic heterocycles. The molecule has 21 heavy (non-hydrogen) atoms. The molecule has 0 unspecified atom stereocenters. The lowest BCUT2D eigenvalue weighted by Crippen LogP contribution is -2.40. The Morgan fingerprint density at radius 2 is 2.00 bits per heavy atom. The monoisotopic (exact) mass is 306 g/mol. The summed E-state index contributed by atoms with van der Waals surface area (Å²) in [6.45, 7) is 0.367. The van der Waals surface area contributed by atoms with Gasteiger partial charge in [-0.1, -0.05) is 0 Å². The second-order valence-corrected chi connectivity index (χ2v) is 7.12. The highest BCUT2D eigenvalue weighted by molar-refractivity contribution is 7.90. The topological polar surface area (TPSA) is 85.2 Å². The van der Waals surface area contributed by atoms with Gasteiger partial charge in [0.05, 0.1) is 16.9 Å². The van der Waals surface area contributed by atoms with Crippen molar-refractivity contribution in [1.29, 1.82) is 0 Å². The van der Waals surface area contributed by atoms with Crippen LogP contribution in [0.3, 0.4) is 0 Å². The molecule has 3 heterocycles. The van der Waals surface area contributed by atoms with Gasteiger partial charge in [-0.05, 0) is 12.1 Å². The van der Waals surface area contributed by atoms with Crippen molar-refractivity contribution in [2.45, 2.75) is 6.42 Å². The number of rotatable bonds is 3. The van der Waals surface area contributed by atoms with Crippen molar-refractivity contribution in [2.24, 2.45) is 0 Å². The number of sulfone groups is 1. The van der Waals surface area contributed by atoms with Crippen LogP contribution in [0.1, 0.15) is 16.1 Å². The largest absolute Gasteiger partial charge is 0.324 e. The van der Waals surface area contributed by atoms with Crippen LogP contribution in [-0.2, 0) is 16.3 Å². The van der Waals surface area contributed by atoms with Gasteiger partial charge in [-0.2, -0.15) is 5.10 Å². The third-order valence-corrected chi connectivity index (χ3v) is 4.03. The van der Waals surface area contributed by atoms with E-state index in [0.717, 1.165) is 11.9 Å². The molecule has 0 fully saturated rings. The minimum absolute atomic E-state index is 0.258. The summed E-state index contributed by atoms with van der Waals surface area (Å²) in [4.78, 5) is 17.6. The van der Waals surface area contributed by atoms with Crippen molar-refractivity contribution < 1.29 is 13.2 Å². The zero-order chi connectivity index (χ0) is 15.0. The highest BCUT2D eigenvalue weighted by atomic mass is 32.2. The third kappa shape index (κ3) is 2.80. The van der Waals surface area contributed by atoms with Crippen molar-refractivity contribution in [1.82, 2.24) is 19.7 Å². The van der Waals surface area contributed by atoms with Crippen LogP contribution in [0.5, 0.6) is 0 Å². The fourth-order valence-electron chi connectivity index (χ4n) is 2.32. The molecular formula is C13H14N4O3S. The first-order valence-corrected chi connectivity index (χ1v) is 8.46. The highest BCUT2D eigenvalue weighted by Crippen LogP contribution is 2.20. The average molecular weight is 306 g/mol. The highest BCUT2D eigenvalue weighted by Gasteiger charge is 2.29. The van der Waals surface area contributed by atoms with Crippen LogP contribution >= 0.6 is 0 Å². The molecule has 110 valence electrons. The van der Waals surface area contributed by atoms with Gasteiger partial charge in [0, 0.05) is 37.8 Å². The van der Waals surface area contributed by atoms with Crippen molar-refractivity contribution in [3.63, 3.8) is 0 Å². The molecule has 0 radical (unpaired) electrons. The molecule has 0 saturated heterocycles. The van der Waals surface area contributed by atoms with Crippen LogP contribution in [-0.4, -0.2) is 52.7 Å². The molecule has 8 heteroatoms. The van der Waals surface area contributed by atoms with E-state index in [2.05, 4.69) is 10.1 Å². The summed E-state index contributed by atoms with van der Waals surface area (Å²) < 4.78 is 24.3. The summed E-state index contributed by atoms with van der Waals surface area (Å²) >= 11 is 0. The zero-order valence-electron chi connectivity index (χ0n) is 11.4. The number of hydrogen-bond acceptors (Lipinski definition) is 5. The molecule has 2 aromatic heterocycles. The molecule has 1 aliphatic rings. The Balaban J connectivity index is 1.93. The van der Waals surface area contributed by atoms with E-state index in [-0.39, 0.29) is 11.8 Å². The fourth-order valence-corrected chi connectivity index (χ4v) is 3.13. The molecule has 0 bridgehead atoms. The summed E-state index contributed by atoms with van der Waals surface area (Å²) in [5.74, 6) is -0.548. The molecule has 7 nitrogen and oxygen atoms in total. The van der Waals surface area contributed by atoms with Gasteiger partial charge < -0.3 is 4.90 Å². The first-order chi connectivity index (χ1) is 9.94. The minimum atomic E-state index is -3.23. The van der Waals surface area contributed by atoms with Crippen molar-refractivity contribution >= 4 is 15.7 Å². The molecule has 0 saturated carbocycles. The van der Waals surface area contributed by atoms with Gasteiger partial charge in [-0.15, -0.1) is 0 Å². The van der Waals surface area contributed by atoms with E-state index < -0.39 is 9.84 Å². The maximum absolute atomic E-state index is 12.3. The number of aromatic nitrogens is 3. The average Bonchev–Trinajstić information content (AvgIpc) is 2.87. The Kier molecular flexibility index (Phi) is 3.25. The quantitative estimate of drug-likeness (QED) is 0.812. The van der Waals surface area contributed by atoms with E-state index in [4.69, 9.17) is 0 Å². The summed E-state index contributed by atoms with van der Waals surface area (Å²) in [7, 11) is -3.23. The molecule has 1 amide bonds. The summed E-state index contributed by atoms with van der Waals surface area (Å²) in [6.07, 6.45) is 6.61. The summed E-state index contributed by atoms with van der Waals surface area (Å²) in [6, 6.07) is 3.58. The van der Waals surface area contributed by atoms with Gasteiger partial charge in [0.1, 0.15) is 5.88 Å². The Bertz CT molecular complexity index is 783. The number of hydrogen-bond donors (Lipinski definition) is 0. The van der Waals surface area contributed by atoms with Gasteiger partial charge in [0.15, 0.2) is 9.84 Å². The SMILES string of the molecule is CS(=O)(=O)CN1CCc2nn(-c3ccncc3)cc2C1=O. The molecular weight excluding hydrogens is 292 g/mol. The van der Waals surface area contributed by atoms with E-state index in [9.17, 15) is 13.2 Å². The summed E-state index contributed by atoms with van der Waals surface area (Å²) in [5.41, 5.74) is 1.96. The van der Waals surface area contributed by atoms with Crippen molar-refractivity contribution in [3.05, 3.63) is 42.0 Å². The number of nitrogens with zero attached hydrogens (tertiary/aromatic N) is 4. The van der Waals surface area contributed by atoms with Gasteiger partial charge in [-0.3, -0.25) is 9.78 Å². The Morgan fingerprint density at radius 1 is 1.29 bits per heavy atom. The molecule has 0 aliphatic carbocycles. The predicted molar refractivity (Wildman–Crippen MR) is 75.8 cm³/mol. The lowest BCUT2D eigenvalue weighted by molar-refractivity contribution is 0.0768. The molecule has 2 aromatic rings. The Labute approximate surface area is 122 Å². The molecule has 0 aromatic carbocycles. The Hall–Kier alpha value is -2.22. The predicted octanol–water partition coefficient (Wildman–Crippen LogP) is 0.268. The van der Waals surface area contributed by atoms with E-state index in [1.165, 1.54) is 4.90 Å².